The summed E-state index contributed by atoms with van der Waals surface area (Å²) in [6.07, 6.45) is 4.76. The molecule has 0 bridgehead atoms. The molecule has 0 aromatic carbocycles. The van der Waals surface area contributed by atoms with Crippen LogP contribution in [-0.4, -0.2) is 65.2 Å². The van der Waals surface area contributed by atoms with Gasteiger partial charge in [-0.3, -0.25) is 9.78 Å². The third kappa shape index (κ3) is 2.88. The summed E-state index contributed by atoms with van der Waals surface area (Å²) in [5, 5.41) is 7.42. The highest BCUT2D eigenvalue weighted by Crippen LogP contribution is 2.16. The molecule has 1 fully saturated rings. The second kappa shape index (κ2) is 5.71. The van der Waals surface area contributed by atoms with Crippen LogP contribution in [0.25, 0.3) is 0 Å². The highest BCUT2D eigenvalue weighted by atomic mass is 32.2. The normalized spacial score (nSPS) is 18.8. The number of sulfonamides is 1. The number of hydrogen-bond acceptors (Lipinski definition) is 6. The predicted octanol–water partition coefficient (Wildman–Crippen LogP) is -0.598. The molecule has 0 radical (unpaired) electrons. The summed E-state index contributed by atoms with van der Waals surface area (Å²) in [6.45, 7) is 2.61. The number of rotatable bonds is 4. The molecule has 2 heterocycles. The summed E-state index contributed by atoms with van der Waals surface area (Å²) in [6, 6.07) is 0. The van der Waals surface area contributed by atoms with Crippen LogP contribution in [-0.2, 0) is 14.8 Å². The molecule has 1 unspecified atom stereocenters. The molecule has 2 rings (SSSR count). The largest absolute Gasteiger partial charge is 0.480 e. The Balaban J connectivity index is 2.03. The highest BCUT2D eigenvalue weighted by Gasteiger charge is 2.35. The van der Waals surface area contributed by atoms with E-state index in [-0.39, 0.29) is 13.1 Å². The van der Waals surface area contributed by atoms with Crippen molar-refractivity contribution in [2.75, 3.05) is 31.1 Å². The van der Waals surface area contributed by atoms with Crippen LogP contribution in [0.5, 0.6) is 0 Å². The first-order valence-corrected chi connectivity index (χ1v) is 7.66. The molecule has 0 spiro atoms. The summed E-state index contributed by atoms with van der Waals surface area (Å²) in [7, 11) is -3.80. The number of piperazine rings is 1. The summed E-state index contributed by atoms with van der Waals surface area (Å²) < 4.78 is 25.4. The van der Waals surface area contributed by atoms with Crippen LogP contribution in [0.4, 0.5) is 5.82 Å². The number of aliphatic carboxylic acids is 1. The minimum absolute atomic E-state index is 0.247. The number of carboxylic acids is 1. The summed E-state index contributed by atoms with van der Waals surface area (Å²) >= 11 is 0. The number of aromatic nitrogens is 2. The van der Waals surface area contributed by atoms with Crippen LogP contribution in [0.3, 0.4) is 0 Å². The first-order chi connectivity index (χ1) is 9.43. The summed E-state index contributed by atoms with van der Waals surface area (Å²) in [4.78, 5) is 20.9. The Hall–Kier alpha value is -1.74. The minimum atomic E-state index is -3.80. The Labute approximate surface area is 117 Å². The lowest BCUT2D eigenvalue weighted by Crippen LogP contribution is -2.52. The topological polar surface area (TPSA) is 104 Å². The van der Waals surface area contributed by atoms with E-state index >= 15 is 0 Å². The quantitative estimate of drug-likeness (QED) is 0.792. The van der Waals surface area contributed by atoms with Crippen LogP contribution in [0.15, 0.2) is 18.6 Å². The maximum Gasteiger partial charge on any atom is 0.323 e. The fourth-order valence-corrected chi connectivity index (χ4v) is 3.35. The average molecular weight is 300 g/mol. The molecule has 0 saturated carbocycles. The van der Waals surface area contributed by atoms with Crippen LogP contribution in [0.1, 0.15) is 6.92 Å². The van der Waals surface area contributed by atoms with Crippen molar-refractivity contribution in [3.63, 3.8) is 0 Å². The summed E-state index contributed by atoms with van der Waals surface area (Å²) in [5.74, 6) is -0.641. The molecule has 1 aliphatic heterocycles. The maximum absolute atomic E-state index is 12.1. The molecule has 1 aromatic rings. The SMILES string of the molecule is CC(C(=O)O)S(=O)(=O)N1CCN(c2cnccn2)CC1. The van der Waals surface area contributed by atoms with Gasteiger partial charge in [0.05, 0.1) is 6.20 Å². The molecule has 1 aromatic heterocycles. The average Bonchev–Trinajstić information content (AvgIpc) is 2.47. The van der Waals surface area contributed by atoms with E-state index in [4.69, 9.17) is 5.11 Å². The Bertz CT molecular complexity index is 569. The number of anilines is 1. The third-order valence-electron chi connectivity index (χ3n) is 3.27. The van der Waals surface area contributed by atoms with Crippen molar-refractivity contribution in [3.05, 3.63) is 18.6 Å². The van der Waals surface area contributed by atoms with Crippen LogP contribution in [0, 0.1) is 0 Å². The van der Waals surface area contributed by atoms with Crippen LogP contribution >= 0.6 is 0 Å². The Morgan fingerprint density at radius 1 is 1.30 bits per heavy atom. The predicted molar refractivity (Wildman–Crippen MR) is 71.8 cm³/mol. The van der Waals surface area contributed by atoms with Gasteiger partial charge in [-0.25, -0.2) is 13.4 Å². The molecule has 1 saturated heterocycles. The lowest BCUT2D eigenvalue weighted by molar-refractivity contribution is -0.136. The lowest BCUT2D eigenvalue weighted by atomic mass is 10.3. The smallest absolute Gasteiger partial charge is 0.323 e. The van der Waals surface area contributed by atoms with Crippen molar-refractivity contribution in [2.45, 2.75) is 12.2 Å². The van der Waals surface area contributed by atoms with E-state index in [0.717, 1.165) is 0 Å². The van der Waals surface area contributed by atoms with Crippen LogP contribution in [0.2, 0.25) is 0 Å². The van der Waals surface area contributed by atoms with Gasteiger partial charge in [0.2, 0.25) is 10.0 Å². The molecular formula is C11H16N4O4S. The van der Waals surface area contributed by atoms with E-state index in [1.165, 1.54) is 11.2 Å². The van der Waals surface area contributed by atoms with Gasteiger partial charge in [0, 0.05) is 38.6 Å². The van der Waals surface area contributed by atoms with E-state index in [1.807, 2.05) is 4.90 Å². The maximum atomic E-state index is 12.1. The van der Waals surface area contributed by atoms with Gasteiger partial charge in [0.1, 0.15) is 5.82 Å². The molecule has 1 N–H and O–H groups in total. The third-order valence-corrected chi connectivity index (χ3v) is 5.45. The molecule has 8 nitrogen and oxygen atoms in total. The number of carbonyl (C=O) groups is 1. The van der Waals surface area contributed by atoms with E-state index in [2.05, 4.69) is 9.97 Å². The van der Waals surface area contributed by atoms with E-state index in [0.29, 0.717) is 18.9 Å². The van der Waals surface area contributed by atoms with Crippen molar-refractivity contribution in [3.8, 4) is 0 Å². The van der Waals surface area contributed by atoms with E-state index in [9.17, 15) is 13.2 Å². The fraction of sp³-hybridized carbons (Fsp3) is 0.545. The first kappa shape index (κ1) is 14.7. The zero-order valence-corrected chi connectivity index (χ0v) is 11.8. The second-order valence-electron chi connectivity index (χ2n) is 4.48. The van der Waals surface area contributed by atoms with Crippen LogP contribution < -0.4 is 4.90 Å². The fourth-order valence-electron chi connectivity index (χ4n) is 1.98. The van der Waals surface area contributed by atoms with Gasteiger partial charge in [-0.15, -0.1) is 0 Å². The number of carboxylic acid groups (broad SMARTS) is 1. The second-order valence-corrected chi connectivity index (χ2v) is 6.73. The standard InChI is InChI=1S/C11H16N4O4S/c1-9(11(16)17)20(18,19)15-6-4-14(5-7-15)10-8-12-2-3-13-10/h2-3,8-9H,4-7H2,1H3,(H,16,17). The number of hydrogen-bond donors (Lipinski definition) is 1. The molecule has 0 aliphatic carbocycles. The molecule has 1 aliphatic rings. The Morgan fingerprint density at radius 2 is 1.95 bits per heavy atom. The van der Waals surface area contributed by atoms with E-state index < -0.39 is 21.2 Å². The van der Waals surface area contributed by atoms with Crippen molar-refractivity contribution in [1.82, 2.24) is 14.3 Å². The van der Waals surface area contributed by atoms with Crippen molar-refractivity contribution >= 4 is 21.8 Å². The van der Waals surface area contributed by atoms with E-state index in [1.54, 1.807) is 18.6 Å². The number of nitrogens with zero attached hydrogens (tertiary/aromatic N) is 4. The monoisotopic (exact) mass is 300 g/mol. The molecular weight excluding hydrogens is 284 g/mol. The minimum Gasteiger partial charge on any atom is -0.480 e. The van der Waals surface area contributed by atoms with Gasteiger partial charge < -0.3 is 10.0 Å². The van der Waals surface area contributed by atoms with Gasteiger partial charge in [0.25, 0.3) is 0 Å². The summed E-state index contributed by atoms with van der Waals surface area (Å²) in [5.41, 5.74) is 0. The zero-order chi connectivity index (χ0) is 14.8. The van der Waals surface area contributed by atoms with Gasteiger partial charge in [-0.2, -0.15) is 4.31 Å². The van der Waals surface area contributed by atoms with Gasteiger partial charge in [-0.1, -0.05) is 0 Å². The van der Waals surface area contributed by atoms with Crippen molar-refractivity contribution < 1.29 is 18.3 Å². The highest BCUT2D eigenvalue weighted by molar-refractivity contribution is 7.90. The Morgan fingerprint density at radius 3 is 2.45 bits per heavy atom. The van der Waals surface area contributed by atoms with Gasteiger partial charge >= 0.3 is 5.97 Å². The molecule has 1 atom stereocenters. The van der Waals surface area contributed by atoms with Crippen molar-refractivity contribution in [2.24, 2.45) is 0 Å². The van der Waals surface area contributed by atoms with Gasteiger partial charge in [0.15, 0.2) is 5.25 Å². The molecule has 110 valence electrons. The molecule has 9 heteroatoms. The molecule has 20 heavy (non-hydrogen) atoms. The first-order valence-electron chi connectivity index (χ1n) is 6.15. The Kier molecular flexibility index (Phi) is 4.19. The lowest BCUT2D eigenvalue weighted by Gasteiger charge is -2.35. The zero-order valence-electron chi connectivity index (χ0n) is 11.0. The van der Waals surface area contributed by atoms with Gasteiger partial charge in [-0.05, 0) is 6.92 Å². The molecule has 0 amide bonds. The van der Waals surface area contributed by atoms with Crippen molar-refractivity contribution in [1.29, 1.82) is 0 Å².